The van der Waals surface area contributed by atoms with Crippen LogP contribution in [0, 0.1) is 0 Å². The van der Waals surface area contributed by atoms with Crippen LogP contribution in [0.5, 0.6) is 17.2 Å². The lowest BCUT2D eigenvalue weighted by Gasteiger charge is -2.29. The summed E-state index contributed by atoms with van der Waals surface area (Å²) in [6, 6.07) is 7.13. The minimum atomic E-state index is -0.205. The van der Waals surface area contributed by atoms with Gasteiger partial charge in [-0.15, -0.1) is 0 Å². The summed E-state index contributed by atoms with van der Waals surface area (Å²) < 4.78 is 16.8. The number of carbonyl (C=O) groups is 2. The molecule has 31 heavy (non-hydrogen) atoms. The van der Waals surface area contributed by atoms with Gasteiger partial charge in [-0.1, -0.05) is 0 Å². The fourth-order valence-corrected chi connectivity index (χ4v) is 3.64. The molecule has 2 aliphatic heterocycles. The molecule has 0 saturated carbocycles. The van der Waals surface area contributed by atoms with Gasteiger partial charge in [-0.3, -0.25) is 9.59 Å². The van der Waals surface area contributed by atoms with Gasteiger partial charge in [0.25, 0.3) is 5.91 Å². The highest BCUT2D eigenvalue weighted by Crippen LogP contribution is 2.33. The van der Waals surface area contributed by atoms with Crippen LogP contribution in [-0.2, 0) is 17.8 Å². The number of ether oxygens (including phenoxy) is 3. The van der Waals surface area contributed by atoms with Crippen molar-refractivity contribution in [2.75, 3.05) is 46.2 Å². The van der Waals surface area contributed by atoms with Crippen LogP contribution >= 0.6 is 0 Å². The number of fused-ring (bicyclic) bond motifs is 2. The molecule has 2 aromatic rings. The number of nitrogens with zero attached hydrogens (tertiary/aromatic N) is 3. The number of hydrogen-bond donors (Lipinski definition) is 1. The molecule has 1 aromatic carbocycles. The van der Waals surface area contributed by atoms with Crippen molar-refractivity contribution in [2.45, 2.75) is 19.4 Å². The zero-order valence-electron chi connectivity index (χ0n) is 17.7. The fraction of sp³-hybridized carbons (Fsp3) is 0.409. The van der Waals surface area contributed by atoms with Gasteiger partial charge in [0.05, 0.1) is 18.6 Å². The summed E-state index contributed by atoms with van der Waals surface area (Å²) in [6.45, 7) is 2.26. The van der Waals surface area contributed by atoms with Crippen LogP contribution in [0.3, 0.4) is 0 Å². The molecule has 164 valence electrons. The number of amides is 2. The van der Waals surface area contributed by atoms with E-state index in [2.05, 4.69) is 4.98 Å². The number of nitrogen functional groups attached to an aromatic ring is 1. The summed E-state index contributed by atoms with van der Waals surface area (Å²) in [5, 5.41) is 0. The standard InChI is InChI=1S/C22H26N4O5/c1-25(2)22(28)16-11-14-13-26(7-5-17(14)24-21(16)23)20(27)6-8-29-15-3-4-18-19(12-15)31-10-9-30-18/h3-4,11-12H,5-10,13H2,1-2H3,(H2,23,24). The van der Waals surface area contributed by atoms with Gasteiger partial charge in [0.1, 0.15) is 24.8 Å². The predicted molar refractivity (Wildman–Crippen MR) is 113 cm³/mol. The summed E-state index contributed by atoms with van der Waals surface area (Å²) in [6.07, 6.45) is 0.848. The molecule has 9 heteroatoms. The van der Waals surface area contributed by atoms with Crippen LogP contribution in [0.15, 0.2) is 24.3 Å². The Bertz CT molecular complexity index is 1010. The minimum Gasteiger partial charge on any atom is -0.493 e. The molecule has 0 aliphatic carbocycles. The lowest BCUT2D eigenvalue weighted by molar-refractivity contribution is -0.132. The molecule has 0 fully saturated rings. The Morgan fingerprint density at radius 2 is 1.97 bits per heavy atom. The van der Waals surface area contributed by atoms with E-state index in [1.54, 1.807) is 43.3 Å². The lowest BCUT2D eigenvalue weighted by atomic mass is 10.0. The third-order valence-electron chi connectivity index (χ3n) is 5.29. The van der Waals surface area contributed by atoms with Crippen molar-refractivity contribution >= 4 is 17.6 Å². The van der Waals surface area contributed by atoms with Crippen LogP contribution in [0.4, 0.5) is 5.82 Å². The van der Waals surface area contributed by atoms with E-state index in [-0.39, 0.29) is 30.7 Å². The van der Waals surface area contributed by atoms with Crippen LogP contribution in [0.25, 0.3) is 0 Å². The van der Waals surface area contributed by atoms with Gasteiger partial charge in [0, 0.05) is 45.4 Å². The molecule has 2 N–H and O–H groups in total. The molecule has 4 rings (SSSR count). The van der Waals surface area contributed by atoms with Crippen LogP contribution in [0.1, 0.15) is 28.0 Å². The second kappa shape index (κ2) is 8.71. The van der Waals surface area contributed by atoms with Gasteiger partial charge in [0.15, 0.2) is 11.5 Å². The molecule has 3 heterocycles. The zero-order chi connectivity index (χ0) is 22.0. The van der Waals surface area contributed by atoms with Crippen molar-refractivity contribution in [3.63, 3.8) is 0 Å². The smallest absolute Gasteiger partial charge is 0.257 e. The van der Waals surface area contributed by atoms with Crippen molar-refractivity contribution < 1.29 is 23.8 Å². The molecule has 9 nitrogen and oxygen atoms in total. The van der Waals surface area contributed by atoms with Gasteiger partial charge >= 0.3 is 0 Å². The molecule has 0 bridgehead atoms. The molecule has 0 radical (unpaired) electrons. The topological polar surface area (TPSA) is 107 Å². The van der Waals surface area contributed by atoms with Gasteiger partial charge in [-0.2, -0.15) is 0 Å². The number of rotatable bonds is 5. The summed E-state index contributed by atoms with van der Waals surface area (Å²) in [5.74, 6) is 1.99. The number of nitrogens with two attached hydrogens (primary N) is 1. The number of carbonyl (C=O) groups excluding carboxylic acids is 2. The van der Waals surface area contributed by atoms with E-state index in [9.17, 15) is 9.59 Å². The Labute approximate surface area is 180 Å². The van der Waals surface area contributed by atoms with Crippen molar-refractivity contribution in [1.82, 2.24) is 14.8 Å². The minimum absolute atomic E-state index is 0.0134. The highest BCUT2D eigenvalue weighted by molar-refractivity contribution is 5.98. The molecule has 2 amide bonds. The largest absolute Gasteiger partial charge is 0.493 e. The first kappa shape index (κ1) is 20.8. The first-order chi connectivity index (χ1) is 14.9. The molecule has 0 unspecified atom stereocenters. The zero-order valence-corrected chi connectivity index (χ0v) is 17.7. The van der Waals surface area contributed by atoms with E-state index in [4.69, 9.17) is 19.9 Å². The Kier molecular flexibility index (Phi) is 5.83. The first-order valence-corrected chi connectivity index (χ1v) is 10.2. The van der Waals surface area contributed by atoms with E-state index in [0.29, 0.717) is 55.5 Å². The lowest BCUT2D eigenvalue weighted by Crippen LogP contribution is -2.37. The summed E-state index contributed by atoms with van der Waals surface area (Å²) in [7, 11) is 3.33. The Balaban J connectivity index is 1.35. The first-order valence-electron chi connectivity index (χ1n) is 10.2. The van der Waals surface area contributed by atoms with Gasteiger partial charge in [-0.05, 0) is 23.8 Å². The maximum Gasteiger partial charge on any atom is 0.257 e. The maximum atomic E-state index is 12.7. The van der Waals surface area contributed by atoms with Gasteiger partial charge < -0.3 is 29.7 Å². The number of pyridine rings is 1. The highest BCUT2D eigenvalue weighted by Gasteiger charge is 2.25. The number of anilines is 1. The molecule has 0 spiro atoms. The molecule has 0 saturated heterocycles. The molecular weight excluding hydrogens is 400 g/mol. The Morgan fingerprint density at radius 3 is 2.74 bits per heavy atom. The monoisotopic (exact) mass is 426 g/mol. The quantitative estimate of drug-likeness (QED) is 0.772. The Morgan fingerprint density at radius 1 is 1.19 bits per heavy atom. The Hall–Kier alpha value is -3.49. The third kappa shape index (κ3) is 4.50. The normalized spacial score (nSPS) is 14.6. The summed E-state index contributed by atoms with van der Waals surface area (Å²) >= 11 is 0. The van der Waals surface area contributed by atoms with Crippen LogP contribution < -0.4 is 19.9 Å². The van der Waals surface area contributed by atoms with E-state index in [1.807, 2.05) is 0 Å². The third-order valence-corrected chi connectivity index (χ3v) is 5.29. The highest BCUT2D eigenvalue weighted by atomic mass is 16.6. The molecule has 0 atom stereocenters. The molecule has 1 aromatic heterocycles. The van der Waals surface area contributed by atoms with Crippen LogP contribution in [0.2, 0.25) is 0 Å². The van der Waals surface area contributed by atoms with E-state index >= 15 is 0 Å². The van der Waals surface area contributed by atoms with E-state index in [1.165, 1.54) is 4.90 Å². The van der Waals surface area contributed by atoms with Crippen molar-refractivity contribution in [3.8, 4) is 17.2 Å². The van der Waals surface area contributed by atoms with E-state index < -0.39 is 0 Å². The van der Waals surface area contributed by atoms with Crippen molar-refractivity contribution in [2.24, 2.45) is 0 Å². The van der Waals surface area contributed by atoms with Crippen LogP contribution in [-0.4, -0.2) is 67.1 Å². The molecule has 2 aliphatic rings. The predicted octanol–water partition coefficient (Wildman–Crippen LogP) is 1.49. The second-order valence-corrected chi connectivity index (χ2v) is 7.70. The fourth-order valence-electron chi connectivity index (χ4n) is 3.64. The van der Waals surface area contributed by atoms with E-state index in [0.717, 1.165) is 11.3 Å². The maximum absolute atomic E-state index is 12.7. The number of hydrogen-bond acceptors (Lipinski definition) is 7. The number of aromatic nitrogens is 1. The molecular formula is C22H26N4O5. The summed E-state index contributed by atoms with van der Waals surface area (Å²) in [5.41, 5.74) is 8.02. The van der Waals surface area contributed by atoms with Crippen molar-refractivity contribution in [3.05, 3.63) is 41.1 Å². The average molecular weight is 426 g/mol. The van der Waals surface area contributed by atoms with Gasteiger partial charge in [-0.25, -0.2) is 4.98 Å². The van der Waals surface area contributed by atoms with Gasteiger partial charge in [0.2, 0.25) is 5.91 Å². The van der Waals surface area contributed by atoms with Crippen molar-refractivity contribution in [1.29, 1.82) is 0 Å². The SMILES string of the molecule is CN(C)C(=O)c1cc2c(nc1N)CCN(C(=O)CCOc1ccc3c(c1)OCCO3)C2. The summed E-state index contributed by atoms with van der Waals surface area (Å²) in [4.78, 5) is 32.6. The number of benzene rings is 1. The average Bonchev–Trinajstić information content (AvgIpc) is 2.77. The second-order valence-electron chi connectivity index (χ2n) is 7.70.